The number of carbonyl (C=O) groups excluding carboxylic acids is 1. The summed E-state index contributed by atoms with van der Waals surface area (Å²) in [6.45, 7) is 2.35. The van der Waals surface area contributed by atoms with E-state index in [0.717, 1.165) is 5.69 Å². The molecule has 0 aliphatic rings. The average molecular weight is 311 g/mol. The van der Waals surface area contributed by atoms with Crippen molar-refractivity contribution in [2.75, 3.05) is 20.3 Å². The summed E-state index contributed by atoms with van der Waals surface area (Å²) >= 11 is 0. The van der Waals surface area contributed by atoms with Crippen molar-refractivity contribution in [1.82, 2.24) is 15.3 Å². The van der Waals surface area contributed by atoms with Crippen molar-refractivity contribution < 1.29 is 14.3 Å². The minimum atomic E-state index is -0.284. The van der Waals surface area contributed by atoms with Crippen LogP contribution in [0.25, 0.3) is 0 Å². The Kier molecular flexibility index (Phi) is 5.95. The zero-order chi connectivity index (χ0) is 16.5. The molecule has 1 N–H and O–H groups in total. The summed E-state index contributed by atoms with van der Waals surface area (Å²) < 4.78 is 10.4. The predicted molar refractivity (Wildman–Crippen MR) is 85.4 cm³/mol. The number of carbonyl (C=O) groups is 1. The molecule has 2 aromatic heterocycles. The van der Waals surface area contributed by atoms with Gasteiger partial charge in [-0.3, -0.25) is 9.78 Å². The minimum absolute atomic E-state index is 0.215. The third-order valence-corrected chi connectivity index (χ3v) is 2.87. The van der Waals surface area contributed by atoms with E-state index in [1.807, 2.05) is 19.1 Å². The molecule has 0 aliphatic carbocycles. The largest absolute Gasteiger partial charge is 0.480 e. The van der Waals surface area contributed by atoms with Crippen LogP contribution in [0.5, 0.6) is 11.6 Å². The molecule has 0 bridgehead atoms. The van der Waals surface area contributed by atoms with Crippen LogP contribution in [0.3, 0.4) is 0 Å². The fraction of sp³-hybridized carbons (Fsp3) is 0.235. The Bertz CT molecular complexity index is 718. The highest BCUT2D eigenvalue weighted by molar-refractivity contribution is 5.96. The second-order valence-corrected chi connectivity index (χ2v) is 4.52. The average Bonchev–Trinajstić information content (AvgIpc) is 2.59. The highest BCUT2D eigenvalue weighted by Crippen LogP contribution is 2.12. The predicted octanol–water partition coefficient (Wildman–Crippen LogP) is 1.61. The molecular formula is C17H17N3O3. The monoisotopic (exact) mass is 311 g/mol. The standard InChI is InChI=1S/C17H17N3O3/c1-13-7-8-14(12-20-13)23-11-4-3-9-18-16(21)15-6-5-10-19-17(15)22-2/h5-8,10,12H,9,11H2,1-2H3,(H,18,21). The van der Waals surface area contributed by atoms with Gasteiger partial charge in [-0.1, -0.05) is 11.8 Å². The van der Waals surface area contributed by atoms with Gasteiger partial charge in [-0.15, -0.1) is 0 Å². The molecule has 0 aromatic carbocycles. The Morgan fingerprint density at radius 3 is 2.87 bits per heavy atom. The van der Waals surface area contributed by atoms with Gasteiger partial charge in [0.05, 0.1) is 19.9 Å². The Morgan fingerprint density at radius 1 is 1.26 bits per heavy atom. The van der Waals surface area contributed by atoms with Gasteiger partial charge >= 0.3 is 0 Å². The van der Waals surface area contributed by atoms with Gasteiger partial charge in [0.2, 0.25) is 5.88 Å². The molecule has 0 saturated carbocycles. The number of aryl methyl sites for hydroxylation is 1. The van der Waals surface area contributed by atoms with E-state index in [0.29, 0.717) is 11.3 Å². The number of hydrogen-bond acceptors (Lipinski definition) is 5. The zero-order valence-corrected chi connectivity index (χ0v) is 13.0. The van der Waals surface area contributed by atoms with E-state index in [2.05, 4.69) is 27.1 Å². The van der Waals surface area contributed by atoms with Crippen LogP contribution >= 0.6 is 0 Å². The number of pyridine rings is 2. The van der Waals surface area contributed by atoms with Crippen LogP contribution in [0.1, 0.15) is 16.1 Å². The smallest absolute Gasteiger partial charge is 0.257 e. The third-order valence-electron chi connectivity index (χ3n) is 2.87. The summed E-state index contributed by atoms with van der Waals surface area (Å²) in [5.74, 6) is 6.30. The van der Waals surface area contributed by atoms with Crippen molar-refractivity contribution in [2.45, 2.75) is 6.92 Å². The molecule has 0 unspecified atom stereocenters. The van der Waals surface area contributed by atoms with Gasteiger partial charge < -0.3 is 14.8 Å². The number of aromatic nitrogens is 2. The Balaban J connectivity index is 1.77. The number of rotatable bonds is 5. The Hall–Kier alpha value is -3.07. The van der Waals surface area contributed by atoms with Crippen molar-refractivity contribution in [1.29, 1.82) is 0 Å². The molecular weight excluding hydrogens is 294 g/mol. The molecule has 1 amide bonds. The molecule has 0 saturated heterocycles. The lowest BCUT2D eigenvalue weighted by Crippen LogP contribution is -2.24. The summed E-state index contributed by atoms with van der Waals surface area (Å²) in [6, 6.07) is 7.01. The lowest BCUT2D eigenvalue weighted by Gasteiger charge is -2.05. The maximum Gasteiger partial charge on any atom is 0.257 e. The molecule has 2 heterocycles. The molecule has 0 radical (unpaired) electrons. The van der Waals surface area contributed by atoms with E-state index in [9.17, 15) is 4.79 Å². The molecule has 118 valence electrons. The fourth-order valence-corrected chi connectivity index (χ4v) is 1.72. The van der Waals surface area contributed by atoms with Crippen molar-refractivity contribution >= 4 is 5.91 Å². The van der Waals surface area contributed by atoms with Crippen LogP contribution in [-0.2, 0) is 0 Å². The van der Waals surface area contributed by atoms with Crippen LogP contribution in [0.15, 0.2) is 36.7 Å². The molecule has 0 aliphatic heterocycles. The van der Waals surface area contributed by atoms with E-state index in [-0.39, 0.29) is 24.9 Å². The lowest BCUT2D eigenvalue weighted by atomic mass is 10.2. The van der Waals surface area contributed by atoms with Gasteiger partial charge in [0, 0.05) is 11.9 Å². The second-order valence-electron chi connectivity index (χ2n) is 4.52. The highest BCUT2D eigenvalue weighted by atomic mass is 16.5. The van der Waals surface area contributed by atoms with Gasteiger partial charge in [0.25, 0.3) is 5.91 Å². The van der Waals surface area contributed by atoms with Gasteiger partial charge in [0.1, 0.15) is 17.9 Å². The lowest BCUT2D eigenvalue weighted by molar-refractivity contribution is 0.0955. The maximum atomic E-state index is 12.0. The first-order valence-corrected chi connectivity index (χ1v) is 6.99. The number of methoxy groups -OCH3 is 1. The van der Waals surface area contributed by atoms with Crippen molar-refractivity contribution in [2.24, 2.45) is 0 Å². The first-order valence-electron chi connectivity index (χ1n) is 6.99. The van der Waals surface area contributed by atoms with E-state index in [1.165, 1.54) is 7.11 Å². The number of ether oxygens (including phenoxy) is 2. The number of nitrogens with zero attached hydrogens (tertiary/aromatic N) is 2. The molecule has 2 aromatic rings. The minimum Gasteiger partial charge on any atom is -0.480 e. The molecule has 23 heavy (non-hydrogen) atoms. The SMILES string of the molecule is COc1ncccc1C(=O)NCC#CCOc1ccc(C)nc1. The van der Waals surface area contributed by atoms with E-state index in [4.69, 9.17) is 9.47 Å². The van der Waals surface area contributed by atoms with Crippen molar-refractivity contribution in [3.63, 3.8) is 0 Å². The first-order chi connectivity index (χ1) is 11.2. The number of hydrogen-bond donors (Lipinski definition) is 1. The molecule has 0 spiro atoms. The van der Waals surface area contributed by atoms with Crippen LogP contribution in [0.4, 0.5) is 0 Å². The summed E-state index contributed by atoms with van der Waals surface area (Å²) in [5, 5.41) is 2.68. The van der Waals surface area contributed by atoms with E-state index >= 15 is 0 Å². The Labute approximate surface area is 134 Å². The fourth-order valence-electron chi connectivity index (χ4n) is 1.72. The summed E-state index contributed by atoms with van der Waals surface area (Å²) in [7, 11) is 1.47. The van der Waals surface area contributed by atoms with E-state index < -0.39 is 0 Å². The van der Waals surface area contributed by atoms with Crippen LogP contribution < -0.4 is 14.8 Å². The van der Waals surface area contributed by atoms with Gasteiger partial charge in [-0.2, -0.15) is 0 Å². The van der Waals surface area contributed by atoms with Crippen LogP contribution in [-0.4, -0.2) is 36.1 Å². The van der Waals surface area contributed by atoms with Crippen molar-refractivity contribution in [3.8, 4) is 23.5 Å². The number of nitrogens with one attached hydrogen (secondary N) is 1. The van der Waals surface area contributed by atoms with Gasteiger partial charge in [-0.25, -0.2) is 4.98 Å². The van der Waals surface area contributed by atoms with Crippen LogP contribution in [0, 0.1) is 18.8 Å². The second kappa shape index (κ2) is 8.39. The normalized spacial score (nSPS) is 9.48. The highest BCUT2D eigenvalue weighted by Gasteiger charge is 2.11. The first kappa shape index (κ1) is 16.3. The quantitative estimate of drug-likeness (QED) is 0.849. The maximum absolute atomic E-state index is 12.0. The molecule has 6 nitrogen and oxygen atoms in total. The molecule has 0 atom stereocenters. The summed E-state index contributed by atoms with van der Waals surface area (Å²) in [6.07, 6.45) is 3.21. The molecule has 6 heteroatoms. The van der Waals surface area contributed by atoms with E-state index in [1.54, 1.807) is 24.5 Å². The molecule has 0 fully saturated rings. The Morgan fingerprint density at radius 2 is 2.13 bits per heavy atom. The van der Waals surface area contributed by atoms with Gasteiger partial charge in [0.15, 0.2) is 0 Å². The summed E-state index contributed by atoms with van der Waals surface area (Å²) in [4.78, 5) is 20.1. The molecule has 2 rings (SSSR count). The zero-order valence-electron chi connectivity index (χ0n) is 13.0. The summed E-state index contributed by atoms with van der Waals surface area (Å²) in [5.41, 5.74) is 1.30. The third kappa shape index (κ3) is 5.00. The topological polar surface area (TPSA) is 73.3 Å². The van der Waals surface area contributed by atoms with Crippen molar-refractivity contribution in [3.05, 3.63) is 47.9 Å². The van der Waals surface area contributed by atoms with Gasteiger partial charge in [-0.05, 0) is 31.2 Å². The number of amides is 1. The van der Waals surface area contributed by atoms with Crippen LogP contribution in [0.2, 0.25) is 0 Å².